The Morgan fingerprint density at radius 3 is 2.20 bits per heavy atom. The van der Waals surface area contributed by atoms with Gasteiger partial charge in [-0.2, -0.15) is 0 Å². The lowest BCUT2D eigenvalue weighted by molar-refractivity contribution is -0.0236. The molecule has 2 nitrogen and oxygen atoms in total. The van der Waals surface area contributed by atoms with Crippen LogP contribution in [0.2, 0.25) is 0 Å². The lowest BCUT2D eigenvalue weighted by atomic mass is 9.62. The van der Waals surface area contributed by atoms with E-state index in [4.69, 9.17) is 5.73 Å². The van der Waals surface area contributed by atoms with Gasteiger partial charge < -0.3 is 10.8 Å². The standard InChI is InChI=1S/C18H29NO/c1-13-5-6-15(11-14(13)2)16(20)18(12-19)9-7-17(3,4)8-10-18/h5-6,11,16,20H,7-10,12,19H2,1-4H3. The van der Waals surface area contributed by atoms with Gasteiger partial charge in [0.2, 0.25) is 0 Å². The van der Waals surface area contributed by atoms with Gasteiger partial charge in [-0.1, -0.05) is 32.0 Å². The number of hydrogen-bond acceptors (Lipinski definition) is 2. The molecule has 0 aromatic heterocycles. The van der Waals surface area contributed by atoms with Crippen molar-refractivity contribution in [2.75, 3.05) is 6.54 Å². The Balaban J connectivity index is 2.25. The normalized spacial score (nSPS) is 22.5. The van der Waals surface area contributed by atoms with E-state index in [0.29, 0.717) is 12.0 Å². The lowest BCUT2D eigenvalue weighted by Gasteiger charge is -2.46. The molecule has 0 radical (unpaired) electrons. The molecule has 2 heteroatoms. The first kappa shape index (κ1) is 15.5. The summed E-state index contributed by atoms with van der Waals surface area (Å²) in [7, 11) is 0. The van der Waals surface area contributed by atoms with Crippen molar-refractivity contribution in [3.63, 3.8) is 0 Å². The molecule has 1 aromatic carbocycles. The third kappa shape index (κ3) is 2.91. The van der Waals surface area contributed by atoms with Gasteiger partial charge >= 0.3 is 0 Å². The number of benzene rings is 1. The topological polar surface area (TPSA) is 46.2 Å². The molecule has 2 rings (SSSR count). The monoisotopic (exact) mass is 275 g/mol. The number of nitrogens with two attached hydrogens (primary N) is 1. The summed E-state index contributed by atoms with van der Waals surface area (Å²) >= 11 is 0. The smallest absolute Gasteiger partial charge is 0.0858 e. The summed E-state index contributed by atoms with van der Waals surface area (Å²) in [5, 5.41) is 10.9. The van der Waals surface area contributed by atoms with Crippen LogP contribution < -0.4 is 5.73 Å². The van der Waals surface area contributed by atoms with Crippen molar-refractivity contribution in [1.82, 2.24) is 0 Å². The molecule has 0 heterocycles. The quantitative estimate of drug-likeness (QED) is 0.879. The Hall–Kier alpha value is -0.860. The van der Waals surface area contributed by atoms with Crippen molar-refractivity contribution >= 4 is 0 Å². The van der Waals surface area contributed by atoms with Crippen LogP contribution in [0, 0.1) is 24.7 Å². The summed E-state index contributed by atoms with van der Waals surface area (Å²) in [4.78, 5) is 0. The largest absolute Gasteiger partial charge is 0.388 e. The number of hydrogen-bond donors (Lipinski definition) is 2. The Morgan fingerprint density at radius 1 is 1.10 bits per heavy atom. The van der Waals surface area contributed by atoms with E-state index < -0.39 is 6.10 Å². The van der Waals surface area contributed by atoms with Gasteiger partial charge in [0.25, 0.3) is 0 Å². The van der Waals surface area contributed by atoms with E-state index in [9.17, 15) is 5.11 Å². The van der Waals surface area contributed by atoms with Gasteiger partial charge in [0.15, 0.2) is 0 Å². The second-order valence-corrected chi connectivity index (χ2v) is 7.48. The zero-order valence-electron chi connectivity index (χ0n) is 13.4. The van der Waals surface area contributed by atoms with E-state index >= 15 is 0 Å². The molecule has 0 bridgehead atoms. The van der Waals surface area contributed by atoms with Crippen LogP contribution in [0.3, 0.4) is 0 Å². The molecular weight excluding hydrogens is 246 g/mol. The Kier molecular flexibility index (Phi) is 4.27. The molecule has 1 aromatic rings. The second-order valence-electron chi connectivity index (χ2n) is 7.48. The maximum absolute atomic E-state index is 10.9. The predicted molar refractivity (Wildman–Crippen MR) is 84.6 cm³/mol. The van der Waals surface area contributed by atoms with Crippen LogP contribution in [0.25, 0.3) is 0 Å². The third-order valence-corrected chi connectivity index (χ3v) is 5.43. The highest BCUT2D eigenvalue weighted by atomic mass is 16.3. The highest BCUT2D eigenvalue weighted by Gasteiger charge is 2.43. The van der Waals surface area contributed by atoms with Crippen LogP contribution in [0.15, 0.2) is 18.2 Å². The van der Waals surface area contributed by atoms with Crippen LogP contribution in [-0.4, -0.2) is 11.7 Å². The minimum absolute atomic E-state index is 0.142. The van der Waals surface area contributed by atoms with Crippen LogP contribution >= 0.6 is 0 Å². The number of aryl methyl sites for hydroxylation is 2. The third-order valence-electron chi connectivity index (χ3n) is 5.43. The number of aliphatic hydroxyl groups excluding tert-OH is 1. The van der Waals surface area contributed by atoms with Crippen molar-refractivity contribution < 1.29 is 5.11 Å². The predicted octanol–water partition coefficient (Wildman–Crippen LogP) is 3.88. The summed E-state index contributed by atoms with van der Waals surface area (Å²) in [5.41, 5.74) is 9.86. The summed E-state index contributed by atoms with van der Waals surface area (Å²) in [6, 6.07) is 6.28. The summed E-state index contributed by atoms with van der Waals surface area (Å²) in [5.74, 6) is 0. The fourth-order valence-electron chi connectivity index (χ4n) is 3.30. The average Bonchev–Trinajstić information content (AvgIpc) is 2.42. The van der Waals surface area contributed by atoms with E-state index in [1.54, 1.807) is 0 Å². The molecule has 1 atom stereocenters. The molecule has 1 aliphatic carbocycles. The molecule has 0 saturated heterocycles. The molecule has 1 unspecified atom stereocenters. The highest BCUT2D eigenvalue weighted by molar-refractivity contribution is 5.32. The van der Waals surface area contributed by atoms with Gasteiger partial charge in [-0.25, -0.2) is 0 Å². The molecule has 112 valence electrons. The van der Waals surface area contributed by atoms with Crippen LogP contribution in [0.5, 0.6) is 0 Å². The van der Waals surface area contributed by atoms with E-state index in [2.05, 4.69) is 45.9 Å². The lowest BCUT2D eigenvalue weighted by Crippen LogP contribution is -2.41. The first-order chi connectivity index (χ1) is 9.30. The molecule has 0 spiro atoms. The molecule has 20 heavy (non-hydrogen) atoms. The first-order valence-electron chi connectivity index (χ1n) is 7.75. The van der Waals surface area contributed by atoms with E-state index in [1.165, 1.54) is 11.1 Å². The van der Waals surface area contributed by atoms with Crippen molar-refractivity contribution in [2.24, 2.45) is 16.6 Å². The Bertz CT molecular complexity index is 468. The van der Waals surface area contributed by atoms with Crippen molar-refractivity contribution in [1.29, 1.82) is 0 Å². The fourth-order valence-corrected chi connectivity index (χ4v) is 3.30. The minimum atomic E-state index is -0.442. The molecule has 1 fully saturated rings. The van der Waals surface area contributed by atoms with Gasteiger partial charge in [0, 0.05) is 12.0 Å². The summed E-state index contributed by atoms with van der Waals surface area (Å²) in [6.07, 6.45) is 3.89. The van der Waals surface area contributed by atoms with Gasteiger partial charge in [-0.15, -0.1) is 0 Å². The second kappa shape index (κ2) is 5.50. The zero-order valence-corrected chi connectivity index (χ0v) is 13.4. The van der Waals surface area contributed by atoms with Crippen LogP contribution in [0.1, 0.15) is 62.3 Å². The van der Waals surface area contributed by atoms with Crippen molar-refractivity contribution in [3.8, 4) is 0 Å². The highest BCUT2D eigenvalue weighted by Crippen LogP contribution is 2.50. The van der Waals surface area contributed by atoms with Gasteiger partial charge in [0.05, 0.1) is 6.10 Å². The molecule has 0 amide bonds. The maximum atomic E-state index is 10.9. The van der Waals surface area contributed by atoms with Gasteiger partial charge in [-0.3, -0.25) is 0 Å². The zero-order chi connectivity index (χ0) is 15.0. The number of aliphatic hydroxyl groups is 1. The van der Waals surface area contributed by atoms with Crippen molar-refractivity contribution in [3.05, 3.63) is 34.9 Å². The van der Waals surface area contributed by atoms with Crippen LogP contribution in [0.4, 0.5) is 0 Å². The molecule has 0 aliphatic heterocycles. The van der Waals surface area contributed by atoms with E-state index in [0.717, 1.165) is 31.2 Å². The van der Waals surface area contributed by atoms with Crippen molar-refractivity contribution in [2.45, 2.75) is 59.5 Å². The average molecular weight is 275 g/mol. The van der Waals surface area contributed by atoms with E-state index in [1.807, 2.05) is 0 Å². The van der Waals surface area contributed by atoms with Gasteiger partial charge in [0.1, 0.15) is 0 Å². The Morgan fingerprint density at radius 2 is 1.70 bits per heavy atom. The molecular formula is C18H29NO. The first-order valence-corrected chi connectivity index (χ1v) is 7.75. The summed E-state index contributed by atoms with van der Waals surface area (Å²) in [6.45, 7) is 9.40. The van der Waals surface area contributed by atoms with E-state index in [-0.39, 0.29) is 5.41 Å². The number of rotatable bonds is 3. The van der Waals surface area contributed by atoms with Crippen LogP contribution in [-0.2, 0) is 0 Å². The fraction of sp³-hybridized carbons (Fsp3) is 0.667. The SMILES string of the molecule is Cc1ccc(C(O)C2(CN)CCC(C)(C)CC2)cc1C. The van der Waals surface area contributed by atoms with Gasteiger partial charge in [-0.05, 0) is 61.6 Å². The maximum Gasteiger partial charge on any atom is 0.0858 e. The summed E-state index contributed by atoms with van der Waals surface area (Å²) < 4.78 is 0. The minimum Gasteiger partial charge on any atom is -0.388 e. The molecule has 1 saturated carbocycles. The Labute approximate surface area is 123 Å². The molecule has 1 aliphatic rings. The molecule has 3 N–H and O–H groups in total.